The summed E-state index contributed by atoms with van der Waals surface area (Å²) in [7, 11) is 0. The summed E-state index contributed by atoms with van der Waals surface area (Å²) in [6.07, 6.45) is 1.93. The summed E-state index contributed by atoms with van der Waals surface area (Å²) >= 11 is 0. The summed E-state index contributed by atoms with van der Waals surface area (Å²) < 4.78 is 17.3. The maximum absolute atomic E-state index is 13.4. The van der Waals surface area contributed by atoms with E-state index in [2.05, 4.69) is 6.92 Å². The highest BCUT2D eigenvalue weighted by molar-refractivity contribution is 6.06. The Kier molecular flexibility index (Phi) is 8.66. The molecule has 152 valence electrons. The lowest BCUT2D eigenvalue weighted by molar-refractivity contribution is 0.0985. The van der Waals surface area contributed by atoms with Crippen LogP contribution in [0.1, 0.15) is 50.9 Å². The Morgan fingerprint density at radius 1 is 0.857 bits per heavy atom. The molecule has 0 atom stereocenters. The third-order valence-corrected chi connectivity index (χ3v) is 4.20. The van der Waals surface area contributed by atoms with Gasteiger partial charge in [0.05, 0.1) is 19.8 Å². The molecule has 0 aliphatic carbocycles. The van der Waals surface area contributed by atoms with Crippen molar-refractivity contribution in [2.45, 2.75) is 40.5 Å². The third-order valence-electron chi connectivity index (χ3n) is 4.20. The zero-order chi connectivity index (χ0) is 20.4. The van der Waals surface area contributed by atoms with E-state index in [1.165, 1.54) is 0 Å². The highest BCUT2D eigenvalue weighted by Crippen LogP contribution is 2.39. The minimum absolute atomic E-state index is 0.0791. The van der Waals surface area contributed by atoms with Crippen molar-refractivity contribution in [1.82, 2.24) is 0 Å². The molecule has 0 N–H and O–H groups in total. The molecule has 0 bridgehead atoms. The van der Waals surface area contributed by atoms with Gasteiger partial charge in [0.15, 0.2) is 11.5 Å². The summed E-state index contributed by atoms with van der Waals surface area (Å²) in [4.78, 5) is 15.2. The lowest BCUT2D eigenvalue weighted by Crippen LogP contribution is -2.32. The van der Waals surface area contributed by atoms with Crippen LogP contribution in [0.4, 0.5) is 5.69 Å². The van der Waals surface area contributed by atoms with Crippen LogP contribution in [0.15, 0.2) is 42.5 Å². The number of ether oxygens (including phenoxy) is 3. The predicted octanol–water partition coefficient (Wildman–Crippen LogP) is 5.33. The zero-order valence-electron chi connectivity index (χ0n) is 17.4. The minimum atomic E-state index is -0.0791. The monoisotopic (exact) mass is 385 g/mol. The van der Waals surface area contributed by atoms with Gasteiger partial charge >= 0.3 is 0 Å². The van der Waals surface area contributed by atoms with E-state index in [-0.39, 0.29) is 5.91 Å². The van der Waals surface area contributed by atoms with Crippen molar-refractivity contribution in [2.75, 3.05) is 31.3 Å². The molecule has 0 aromatic heterocycles. The molecule has 0 fully saturated rings. The second-order valence-electron chi connectivity index (χ2n) is 6.25. The predicted molar refractivity (Wildman–Crippen MR) is 113 cm³/mol. The van der Waals surface area contributed by atoms with Gasteiger partial charge in [0.1, 0.15) is 0 Å². The van der Waals surface area contributed by atoms with E-state index in [0.717, 1.165) is 18.5 Å². The molecule has 5 heteroatoms. The number of hydrogen-bond acceptors (Lipinski definition) is 4. The maximum atomic E-state index is 13.4. The van der Waals surface area contributed by atoms with Crippen LogP contribution >= 0.6 is 0 Å². The van der Waals surface area contributed by atoms with E-state index in [9.17, 15) is 4.79 Å². The Morgan fingerprint density at radius 2 is 1.43 bits per heavy atom. The van der Waals surface area contributed by atoms with E-state index >= 15 is 0 Å². The van der Waals surface area contributed by atoms with Gasteiger partial charge in [0.2, 0.25) is 5.75 Å². The molecule has 0 radical (unpaired) electrons. The van der Waals surface area contributed by atoms with Crippen LogP contribution in [0.5, 0.6) is 17.2 Å². The van der Waals surface area contributed by atoms with Crippen LogP contribution < -0.4 is 19.1 Å². The van der Waals surface area contributed by atoms with E-state index in [4.69, 9.17) is 14.2 Å². The topological polar surface area (TPSA) is 48.0 Å². The van der Waals surface area contributed by atoms with Crippen LogP contribution in [0.2, 0.25) is 0 Å². The average Bonchev–Trinajstić information content (AvgIpc) is 2.71. The van der Waals surface area contributed by atoms with E-state index in [1.807, 2.05) is 56.0 Å². The fraction of sp³-hybridized carbons (Fsp3) is 0.435. The number of carbonyl (C=O) groups is 1. The largest absolute Gasteiger partial charge is 0.490 e. The number of benzene rings is 2. The second kappa shape index (κ2) is 11.2. The van der Waals surface area contributed by atoms with Crippen molar-refractivity contribution < 1.29 is 19.0 Å². The van der Waals surface area contributed by atoms with Crippen LogP contribution in [-0.2, 0) is 0 Å². The minimum Gasteiger partial charge on any atom is -0.490 e. The van der Waals surface area contributed by atoms with Crippen molar-refractivity contribution >= 4 is 11.6 Å². The van der Waals surface area contributed by atoms with Crippen molar-refractivity contribution in [2.24, 2.45) is 0 Å². The first kappa shape index (κ1) is 21.6. The van der Waals surface area contributed by atoms with E-state index < -0.39 is 0 Å². The molecule has 2 aromatic carbocycles. The number of amides is 1. The molecule has 2 rings (SSSR count). The highest BCUT2D eigenvalue weighted by atomic mass is 16.5. The van der Waals surface area contributed by atoms with Crippen molar-refractivity contribution in [3.8, 4) is 17.2 Å². The zero-order valence-corrected chi connectivity index (χ0v) is 17.4. The number of rotatable bonds is 11. The molecule has 0 heterocycles. The number of unbranched alkanes of at least 4 members (excludes halogenated alkanes) is 1. The van der Waals surface area contributed by atoms with Gasteiger partial charge in [-0.2, -0.15) is 0 Å². The molecule has 1 amide bonds. The normalized spacial score (nSPS) is 10.4. The number of carbonyl (C=O) groups excluding carboxylic acids is 1. The Labute approximate surface area is 168 Å². The summed E-state index contributed by atoms with van der Waals surface area (Å²) in [5.74, 6) is 1.52. The van der Waals surface area contributed by atoms with Crippen LogP contribution in [0, 0.1) is 0 Å². The van der Waals surface area contributed by atoms with Gasteiger partial charge in [-0.3, -0.25) is 4.79 Å². The molecule has 0 aliphatic heterocycles. The molecular formula is C23H31NO4. The summed E-state index contributed by atoms with van der Waals surface area (Å²) in [5, 5.41) is 0. The Morgan fingerprint density at radius 3 is 1.93 bits per heavy atom. The quantitative estimate of drug-likeness (QED) is 0.524. The Bertz CT molecular complexity index is 719. The SMILES string of the molecule is CCCCN(C(=O)c1cc(OCC)c(OCC)c(OCC)c1)c1ccccc1. The molecule has 0 spiro atoms. The first-order valence-corrected chi connectivity index (χ1v) is 10.1. The van der Waals surface area contributed by atoms with Gasteiger partial charge in [0.25, 0.3) is 5.91 Å². The smallest absolute Gasteiger partial charge is 0.258 e. The summed E-state index contributed by atoms with van der Waals surface area (Å²) in [6, 6.07) is 13.2. The maximum Gasteiger partial charge on any atom is 0.258 e. The molecule has 5 nitrogen and oxygen atoms in total. The van der Waals surface area contributed by atoms with Gasteiger partial charge in [-0.1, -0.05) is 31.5 Å². The van der Waals surface area contributed by atoms with E-state index in [1.54, 1.807) is 12.1 Å². The number of hydrogen-bond donors (Lipinski definition) is 0. The second-order valence-corrected chi connectivity index (χ2v) is 6.25. The lowest BCUT2D eigenvalue weighted by atomic mass is 10.1. The first-order valence-electron chi connectivity index (χ1n) is 10.1. The standard InChI is InChI=1S/C23H31NO4/c1-5-9-15-24(19-13-11-10-12-14-19)23(25)18-16-20(26-6-2)22(28-8-4)21(17-18)27-7-3/h10-14,16-17H,5-9,15H2,1-4H3. The van der Waals surface area contributed by atoms with Gasteiger partial charge in [0, 0.05) is 17.8 Å². The van der Waals surface area contributed by atoms with Crippen molar-refractivity contribution in [3.63, 3.8) is 0 Å². The average molecular weight is 386 g/mol. The van der Waals surface area contributed by atoms with Crippen molar-refractivity contribution in [1.29, 1.82) is 0 Å². The molecule has 0 aliphatic rings. The van der Waals surface area contributed by atoms with Crippen molar-refractivity contribution in [3.05, 3.63) is 48.0 Å². The third kappa shape index (κ3) is 5.41. The van der Waals surface area contributed by atoms with Gasteiger partial charge in [-0.05, 0) is 51.5 Å². The number of para-hydroxylation sites is 1. The summed E-state index contributed by atoms with van der Waals surface area (Å²) in [6.45, 7) is 9.92. The lowest BCUT2D eigenvalue weighted by Gasteiger charge is -2.24. The van der Waals surface area contributed by atoms with Crippen LogP contribution in [-0.4, -0.2) is 32.3 Å². The molecule has 0 saturated carbocycles. The number of anilines is 1. The molecule has 28 heavy (non-hydrogen) atoms. The Hall–Kier alpha value is -2.69. The van der Waals surface area contributed by atoms with Crippen LogP contribution in [0.3, 0.4) is 0 Å². The Balaban J connectivity index is 2.48. The van der Waals surface area contributed by atoms with Gasteiger partial charge in [-0.25, -0.2) is 0 Å². The molecule has 0 saturated heterocycles. The molecule has 0 unspecified atom stereocenters. The van der Waals surface area contributed by atoms with Gasteiger partial charge in [-0.15, -0.1) is 0 Å². The van der Waals surface area contributed by atoms with Gasteiger partial charge < -0.3 is 19.1 Å². The highest BCUT2D eigenvalue weighted by Gasteiger charge is 2.22. The molecule has 2 aromatic rings. The number of nitrogens with zero attached hydrogens (tertiary/aromatic N) is 1. The first-order chi connectivity index (χ1) is 13.7. The summed E-state index contributed by atoms with van der Waals surface area (Å²) in [5.41, 5.74) is 1.40. The fourth-order valence-electron chi connectivity index (χ4n) is 2.94. The fourth-order valence-corrected chi connectivity index (χ4v) is 2.94. The van der Waals surface area contributed by atoms with Crippen LogP contribution in [0.25, 0.3) is 0 Å². The molecular weight excluding hydrogens is 354 g/mol. The van der Waals surface area contributed by atoms with E-state index in [0.29, 0.717) is 49.2 Å².